The third-order valence-corrected chi connectivity index (χ3v) is 5.85. The van der Waals surface area contributed by atoms with Crippen molar-refractivity contribution in [3.8, 4) is 0 Å². The highest BCUT2D eigenvalue weighted by Gasteiger charge is 2.39. The molecule has 37 heavy (non-hydrogen) atoms. The minimum absolute atomic E-state index is 0.0625. The quantitative estimate of drug-likeness (QED) is 0.305. The number of hydrogen-bond acceptors (Lipinski definition) is 6. The second-order valence-electron chi connectivity index (χ2n) is 8.93. The number of halogens is 1. The van der Waals surface area contributed by atoms with Crippen molar-refractivity contribution >= 4 is 23.6 Å². The van der Waals surface area contributed by atoms with Crippen molar-refractivity contribution in [2.45, 2.75) is 39.3 Å². The van der Waals surface area contributed by atoms with Crippen molar-refractivity contribution in [1.82, 2.24) is 15.1 Å². The lowest BCUT2D eigenvalue weighted by molar-refractivity contribution is -0.384. The molecule has 1 heterocycles. The van der Waals surface area contributed by atoms with Crippen molar-refractivity contribution in [3.05, 3.63) is 86.9 Å². The third kappa shape index (κ3) is 6.29. The summed E-state index contributed by atoms with van der Waals surface area (Å²) >= 11 is 0. The maximum atomic E-state index is 14.0. The van der Waals surface area contributed by atoms with Crippen LogP contribution in [0.4, 0.5) is 14.9 Å². The second kappa shape index (κ2) is 11.6. The molecular formula is C26H29FN4O6. The standard InChI is InChI=1S/C26H29FN4O6/c1-16(2)37-25(33)22-17(3)28-26(34)30(23(22)18-9-7-10-19(15-18)31(35)36)14-8-13-29(4)24(32)20-11-5-6-12-21(20)27/h5-7,9-12,15-16,23H,8,13-14H2,1-4H3,(H,28,34). The maximum absolute atomic E-state index is 14.0. The van der Waals surface area contributed by atoms with Gasteiger partial charge in [0.15, 0.2) is 0 Å². The van der Waals surface area contributed by atoms with E-state index >= 15 is 0 Å². The molecule has 0 bridgehead atoms. The van der Waals surface area contributed by atoms with E-state index in [0.717, 1.165) is 0 Å². The van der Waals surface area contributed by atoms with Gasteiger partial charge in [-0.25, -0.2) is 14.0 Å². The van der Waals surface area contributed by atoms with Gasteiger partial charge >= 0.3 is 12.0 Å². The average molecular weight is 513 g/mol. The van der Waals surface area contributed by atoms with E-state index in [1.807, 2.05) is 0 Å². The summed E-state index contributed by atoms with van der Waals surface area (Å²) in [6.45, 7) is 5.24. The number of nitrogens with one attached hydrogen (secondary N) is 1. The van der Waals surface area contributed by atoms with Crippen LogP contribution >= 0.6 is 0 Å². The zero-order chi connectivity index (χ0) is 27.3. The molecule has 0 aromatic heterocycles. The van der Waals surface area contributed by atoms with Gasteiger partial charge in [0, 0.05) is 38.0 Å². The van der Waals surface area contributed by atoms with Gasteiger partial charge in [0.25, 0.3) is 11.6 Å². The molecule has 196 valence electrons. The maximum Gasteiger partial charge on any atom is 0.338 e. The summed E-state index contributed by atoms with van der Waals surface area (Å²) in [5, 5.41) is 14.1. The number of carbonyl (C=O) groups excluding carboxylic acids is 3. The molecule has 11 heteroatoms. The number of allylic oxidation sites excluding steroid dienone is 1. The Bertz CT molecular complexity index is 1250. The molecular weight excluding hydrogens is 483 g/mol. The molecule has 1 aliphatic rings. The summed E-state index contributed by atoms with van der Waals surface area (Å²) in [6, 6.07) is 9.94. The lowest BCUT2D eigenvalue weighted by Crippen LogP contribution is -2.49. The van der Waals surface area contributed by atoms with Crippen LogP contribution in [0.2, 0.25) is 0 Å². The van der Waals surface area contributed by atoms with E-state index in [-0.39, 0.29) is 35.6 Å². The van der Waals surface area contributed by atoms with Gasteiger partial charge in [-0.2, -0.15) is 0 Å². The lowest BCUT2D eigenvalue weighted by Gasteiger charge is -2.38. The van der Waals surface area contributed by atoms with Crippen LogP contribution in [0.1, 0.15) is 49.2 Å². The molecule has 2 aromatic rings. The monoisotopic (exact) mass is 512 g/mol. The van der Waals surface area contributed by atoms with Gasteiger partial charge in [-0.3, -0.25) is 14.9 Å². The highest BCUT2D eigenvalue weighted by Crippen LogP contribution is 2.36. The largest absolute Gasteiger partial charge is 0.459 e. The molecule has 3 amide bonds. The molecule has 0 radical (unpaired) electrons. The Hall–Kier alpha value is -4.28. The average Bonchev–Trinajstić information content (AvgIpc) is 2.84. The summed E-state index contributed by atoms with van der Waals surface area (Å²) < 4.78 is 19.4. The van der Waals surface area contributed by atoms with E-state index in [4.69, 9.17) is 4.74 Å². The van der Waals surface area contributed by atoms with E-state index in [2.05, 4.69) is 5.32 Å². The van der Waals surface area contributed by atoms with Gasteiger partial charge in [-0.1, -0.05) is 24.3 Å². The molecule has 10 nitrogen and oxygen atoms in total. The number of nitro benzene ring substituents is 1. The fourth-order valence-electron chi connectivity index (χ4n) is 4.13. The van der Waals surface area contributed by atoms with Crippen LogP contribution in [-0.4, -0.2) is 58.9 Å². The Labute approximate surface area is 213 Å². The van der Waals surface area contributed by atoms with Crippen LogP contribution in [0.15, 0.2) is 59.8 Å². The summed E-state index contributed by atoms with van der Waals surface area (Å²) in [4.78, 5) is 52.3. The number of urea groups is 1. The van der Waals surface area contributed by atoms with E-state index in [1.54, 1.807) is 32.9 Å². The number of non-ortho nitro benzene ring substituents is 1. The first-order valence-electron chi connectivity index (χ1n) is 11.7. The van der Waals surface area contributed by atoms with Crippen LogP contribution in [-0.2, 0) is 9.53 Å². The number of ether oxygens (including phenoxy) is 1. The number of amides is 3. The Kier molecular flexibility index (Phi) is 8.59. The second-order valence-corrected chi connectivity index (χ2v) is 8.93. The van der Waals surface area contributed by atoms with Crippen LogP contribution in [0.25, 0.3) is 0 Å². The fourth-order valence-corrected chi connectivity index (χ4v) is 4.13. The zero-order valence-electron chi connectivity index (χ0n) is 21.1. The van der Waals surface area contributed by atoms with Gasteiger partial charge in [0.1, 0.15) is 5.82 Å². The summed E-state index contributed by atoms with van der Waals surface area (Å²) in [7, 11) is 1.53. The molecule has 1 atom stereocenters. The third-order valence-electron chi connectivity index (χ3n) is 5.85. The minimum Gasteiger partial charge on any atom is -0.459 e. The van der Waals surface area contributed by atoms with E-state index in [0.29, 0.717) is 12.0 Å². The van der Waals surface area contributed by atoms with Crippen molar-refractivity contribution in [1.29, 1.82) is 0 Å². The van der Waals surface area contributed by atoms with Gasteiger partial charge in [0.2, 0.25) is 0 Å². The van der Waals surface area contributed by atoms with Gasteiger partial charge < -0.3 is 19.9 Å². The van der Waals surface area contributed by atoms with E-state index in [1.165, 1.54) is 53.2 Å². The number of hydrogen-bond donors (Lipinski definition) is 1. The topological polar surface area (TPSA) is 122 Å². The molecule has 0 spiro atoms. The Morgan fingerprint density at radius 2 is 1.92 bits per heavy atom. The summed E-state index contributed by atoms with van der Waals surface area (Å²) in [5.41, 5.74) is 0.565. The molecule has 0 saturated carbocycles. The minimum atomic E-state index is -0.951. The summed E-state index contributed by atoms with van der Waals surface area (Å²) in [5.74, 6) is -1.79. The van der Waals surface area contributed by atoms with E-state index < -0.39 is 40.8 Å². The molecule has 0 fully saturated rings. The number of benzene rings is 2. The molecule has 0 saturated heterocycles. The van der Waals surface area contributed by atoms with Crippen molar-refractivity contribution in [2.24, 2.45) is 0 Å². The lowest BCUT2D eigenvalue weighted by atomic mass is 9.93. The molecule has 3 rings (SSSR count). The van der Waals surface area contributed by atoms with Crippen LogP contribution < -0.4 is 5.32 Å². The molecule has 1 N–H and O–H groups in total. The van der Waals surface area contributed by atoms with Crippen LogP contribution in [0.3, 0.4) is 0 Å². The first-order chi connectivity index (χ1) is 17.5. The SMILES string of the molecule is CC1=C(C(=O)OC(C)C)C(c2cccc([N+](=O)[O-])c2)N(CCCN(C)C(=O)c2ccccc2F)C(=O)N1. The molecule has 0 aliphatic carbocycles. The predicted molar refractivity (Wildman–Crippen MR) is 133 cm³/mol. The number of nitrogens with zero attached hydrogens (tertiary/aromatic N) is 3. The smallest absolute Gasteiger partial charge is 0.338 e. The van der Waals surface area contributed by atoms with Crippen LogP contribution in [0.5, 0.6) is 0 Å². The summed E-state index contributed by atoms with van der Waals surface area (Å²) in [6.07, 6.45) is -0.135. The number of nitro groups is 1. The van der Waals surface area contributed by atoms with Crippen molar-refractivity contribution in [3.63, 3.8) is 0 Å². The molecule has 2 aromatic carbocycles. The van der Waals surface area contributed by atoms with Gasteiger partial charge in [-0.15, -0.1) is 0 Å². The first kappa shape index (κ1) is 27.3. The normalized spacial score (nSPS) is 15.5. The fraction of sp³-hybridized carbons (Fsp3) is 0.346. The zero-order valence-corrected chi connectivity index (χ0v) is 21.1. The van der Waals surface area contributed by atoms with Gasteiger partial charge in [-0.05, 0) is 44.9 Å². The Morgan fingerprint density at radius 3 is 2.57 bits per heavy atom. The van der Waals surface area contributed by atoms with E-state index in [9.17, 15) is 28.9 Å². The van der Waals surface area contributed by atoms with Gasteiger partial charge in [0.05, 0.1) is 28.2 Å². The van der Waals surface area contributed by atoms with Crippen LogP contribution in [0, 0.1) is 15.9 Å². The molecule has 1 aliphatic heterocycles. The highest BCUT2D eigenvalue weighted by atomic mass is 19.1. The Balaban J connectivity index is 1.89. The number of carbonyl (C=O) groups is 3. The highest BCUT2D eigenvalue weighted by molar-refractivity contribution is 5.95. The molecule has 1 unspecified atom stereocenters. The Morgan fingerprint density at radius 1 is 1.22 bits per heavy atom. The number of rotatable bonds is 9. The predicted octanol–water partition coefficient (Wildman–Crippen LogP) is 4.19. The first-order valence-corrected chi connectivity index (χ1v) is 11.7. The number of esters is 1. The van der Waals surface area contributed by atoms with Crippen molar-refractivity contribution < 1.29 is 28.4 Å². The van der Waals surface area contributed by atoms with Crippen molar-refractivity contribution in [2.75, 3.05) is 20.1 Å².